The van der Waals surface area contributed by atoms with Gasteiger partial charge in [-0.1, -0.05) is 12.1 Å². The first-order valence-electron chi connectivity index (χ1n) is 8.48. The van der Waals surface area contributed by atoms with E-state index < -0.39 is 17.7 Å². The Kier molecular flexibility index (Phi) is 4.62. The molecule has 3 aromatic rings. The number of rotatable bonds is 5. The summed E-state index contributed by atoms with van der Waals surface area (Å²) in [5.41, 5.74) is 2.24. The lowest BCUT2D eigenvalue weighted by molar-refractivity contribution is -0.121. The third kappa shape index (κ3) is 3.37. The molecule has 1 aliphatic heterocycles. The number of imide groups is 1. The molecule has 0 unspecified atom stereocenters. The number of phenols is 1. The summed E-state index contributed by atoms with van der Waals surface area (Å²) < 4.78 is 0. The summed E-state index contributed by atoms with van der Waals surface area (Å²) in [5.74, 6) is -1.17. The Morgan fingerprint density at radius 1 is 1.04 bits per heavy atom. The van der Waals surface area contributed by atoms with Crippen molar-refractivity contribution in [3.05, 3.63) is 70.0 Å². The Morgan fingerprint density at radius 2 is 1.68 bits per heavy atom. The number of thiazole rings is 1. The number of carbonyl (C=O) groups is 3. The summed E-state index contributed by atoms with van der Waals surface area (Å²) in [6.45, 7) is -0.132. The second-order valence-electron chi connectivity index (χ2n) is 6.19. The van der Waals surface area contributed by atoms with Crippen molar-refractivity contribution in [3.8, 4) is 17.0 Å². The van der Waals surface area contributed by atoms with Crippen molar-refractivity contribution < 1.29 is 19.5 Å². The third-order valence-electron chi connectivity index (χ3n) is 4.33. The Hall–Kier alpha value is -3.52. The molecule has 2 heterocycles. The van der Waals surface area contributed by atoms with Crippen molar-refractivity contribution in [3.63, 3.8) is 0 Å². The predicted octanol–water partition coefficient (Wildman–Crippen LogP) is 2.43. The quantitative estimate of drug-likeness (QED) is 0.649. The fraction of sp³-hybridized carbons (Fsp3) is 0.100. The van der Waals surface area contributed by atoms with Crippen molar-refractivity contribution in [1.29, 1.82) is 0 Å². The molecule has 140 valence electrons. The standard InChI is InChI=1S/C20H15N3O4S/c24-13-7-5-12(6-8-13)16-11-28-18(22-16)9-21-17(25)10-23-19(26)14-3-1-2-4-15(14)20(23)27/h1-8,11,24H,9-10H2,(H,21,25). The number of hydrogen-bond donors (Lipinski definition) is 2. The van der Waals surface area contributed by atoms with Crippen molar-refractivity contribution in [1.82, 2.24) is 15.2 Å². The van der Waals surface area contributed by atoms with Gasteiger partial charge in [-0.3, -0.25) is 19.3 Å². The molecule has 4 rings (SSSR count). The van der Waals surface area contributed by atoms with Crippen LogP contribution in [0.3, 0.4) is 0 Å². The van der Waals surface area contributed by atoms with E-state index in [0.717, 1.165) is 16.2 Å². The maximum absolute atomic E-state index is 12.3. The van der Waals surface area contributed by atoms with Crippen molar-refractivity contribution in [2.45, 2.75) is 6.54 Å². The summed E-state index contributed by atoms with van der Waals surface area (Å²) in [6.07, 6.45) is 0. The lowest BCUT2D eigenvalue weighted by atomic mass is 10.1. The van der Waals surface area contributed by atoms with E-state index >= 15 is 0 Å². The van der Waals surface area contributed by atoms with Crippen molar-refractivity contribution in [2.75, 3.05) is 6.54 Å². The van der Waals surface area contributed by atoms with Crippen LogP contribution in [-0.4, -0.2) is 39.3 Å². The topological polar surface area (TPSA) is 99.6 Å². The van der Waals surface area contributed by atoms with E-state index in [1.54, 1.807) is 48.5 Å². The molecule has 2 N–H and O–H groups in total. The number of amides is 3. The van der Waals surface area contributed by atoms with Crippen LogP contribution >= 0.6 is 11.3 Å². The number of phenolic OH excluding ortho intramolecular Hbond substituents is 1. The number of fused-ring (bicyclic) bond motifs is 1. The molecule has 0 fully saturated rings. The molecule has 0 aliphatic carbocycles. The van der Waals surface area contributed by atoms with Crippen LogP contribution in [0.4, 0.5) is 0 Å². The molecule has 1 aromatic heterocycles. The molecule has 1 aliphatic rings. The third-order valence-corrected chi connectivity index (χ3v) is 5.18. The first kappa shape index (κ1) is 17.9. The number of aromatic hydroxyl groups is 1. The maximum Gasteiger partial charge on any atom is 0.262 e. The minimum absolute atomic E-state index is 0.180. The largest absolute Gasteiger partial charge is 0.508 e. The molecule has 0 spiro atoms. The SMILES string of the molecule is O=C(CN1C(=O)c2ccccc2C1=O)NCc1nc(-c2ccc(O)cc2)cs1. The van der Waals surface area contributed by atoms with Gasteiger partial charge >= 0.3 is 0 Å². The van der Waals surface area contributed by atoms with Gasteiger partial charge in [0.2, 0.25) is 5.91 Å². The highest BCUT2D eigenvalue weighted by molar-refractivity contribution is 7.09. The monoisotopic (exact) mass is 393 g/mol. The van der Waals surface area contributed by atoms with E-state index in [-0.39, 0.29) is 18.8 Å². The minimum atomic E-state index is -0.459. The second kappa shape index (κ2) is 7.24. The van der Waals surface area contributed by atoms with Gasteiger partial charge in [-0.2, -0.15) is 0 Å². The van der Waals surface area contributed by atoms with Crippen LogP contribution in [-0.2, 0) is 11.3 Å². The van der Waals surface area contributed by atoms with Crippen molar-refractivity contribution in [2.24, 2.45) is 0 Å². The van der Waals surface area contributed by atoms with Crippen LogP contribution in [0, 0.1) is 0 Å². The van der Waals surface area contributed by atoms with Crippen LogP contribution in [0.15, 0.2) is 53.9 Å². The summed E-state index contributed by atoms with van der Waals surface area (Å²) >= 11 is 1.39. The highest BCUT2D eigenvalue weighted by Crippen LogP contribution is 2.24. The van der Waals surface area contributed by atoms with Crippen LogP contribution < -0.4 is 5.32 Å². The van der Waals surface area contributed by atoms with Gasteiger partial charge in [0.15, 0.2) is 0 Å². The van der Waals surface area contributed by atoms with Gasteiger partial charge < -0.3 is 10.4 Å². The predicted molar refractivity (Wildman–Crippen MR) is 103 cm³/mol. The van der Waals surface area contributed by atoms with E-state index in [1.165, 1.54) is 11.3 Å². The van der Waals surface area contributed by atoms with Gasteiger partial charge in [-0.05, 0) is 36.4 Å². The first-order valence-corrected chi connectivity index (χ1v) is 9.36. The van der Waals surface area contributed by atoms with Crippen LogP contribution in [0.25, 0.3) is 11.3 Å². The fourth-order valence-electron chi connectivity index (χ4n) is 2.91. The highest BCUT2D eigenvalue weighted by atomic mass is 32.1. The number of carbonyl (C=O) groups excluding carboxylic acids is 3. The number of benzene rings is 2. The number of nitrogens with one attached hydrogen (secondary N) is 1. The van der Waals surface area contributed by atoms with Gasteiger partial charge in [0.1, 0.15) is 17.3 Å². The maximum atomic E-state index is 12.3. The first-order chi connectivity index (χ1) is 13.5. The molecule has 2 aromatic carbocycles. The zero-order valence-corrected chi connectivity index (χ0v) is 15.4. The zero-order valence-electron chi connectivity index (χ0n) is 14.6. The number of nitrogens with zero attached hydrogens (tertiary/aromatic N) is 2. The summed E-state index contributed by atoms with van der Waals surface area (Å²) in [7, 11) is 0. The zero-order chi connectivity index (χ0) is 19.7. The van der Waals surface area contributed by atoms with Gasteiger partial charge in [0.25, 0.3) is 11.8 Å². The van der Waals surface area contributed by atoms with E-state index in [4.69, 9.17) is 0 Å². The number of aromatic nitrogens is 1. The van der Waals surface area contributed by atoms with Gasteiger partial charge in [0.05, 0.1) is 23.4 Å². The molecule has 0 saturated heterocycles. The summed E-state index contributed by atoms with van der Waals surface area (Å²) in [4.78, 5) is 42.2. The van der Waals surface area contributed by atoms with Gasteiger partial charge in [-0.25, -0.2) is 4.98 Å². The van der Waals surface area contributed by atoms with Crippen molar-refractivity contribution >= 4 is 29.1 Å². The second-order valence-corrected chi connectivity index (χ2v) is 7.13. The van der Waals surface area contributed by atoms with Crippen LogP contribution in [0.5, 0.6) is 5.75 Å². The summed E-state index contributed by atoms with van der Waals surface area (Å²) in [5, 5.41) is 14.6. The van der Waals surface area contributed by atoms with Gasteiger partial charge in [-0.15, -0.1) is 11.3 Å². The fourth-order valence-corrected chi connectivity index (χ4v) is 3.66. The molecule has 0 radical (unpaired) electrons. The normalized spacial score (nSPS) is 12.9. The Bertz CT molecular complexity index is 1040. The van der Waals surface area contributed by atoms with E-state index in [9.17, 15) is 19.5 Å². The molecule has 28 heavy (non-hydrogen) atoms. The minimum Gasteiger partial charge on any atom is -0.508 e. The molecule has 7 nitrogen and oxygen atoms in total. The smallest absolute Gasteiger partial charge is 0.262 e. The molecule has 0 saturated carbocycles. The average molecular weight is 393 g/mol. The van der Waals surface area contributed by atoms with E-state index in [2.05, 4.69) is 10.3 Å². The van der Waals surface area contributed by atoms with Gasteiger partial charge in [0, 0.05) is 10.9 Å². The van der Waals surface area contributed by atoms with E-state index in [1.807, 2.05) is 5.38 Å². The van der Waals surface area contributed by atoms with Crippen LogP contribution in [0.2, 0.25) is 0 Å². The molecule has 0 atom stereocenters. The average Bonchev–Trinajstić information content (AvgIpc) is 3.27. The summed E-state index contributed by atoms with van der Waals surface area (Å²) in [6, 6.07) is 13.2. The van der Waals surface area contributed by atoms with Crippen LogP contribution in [0.1, 0.15) is 25.7 Å². The molecule has 8 heteroatoms. The molecular formula is C20H15N3O4S. The lowest BCUT2D eigenvalue weighted by Gasteiger charge is -2.13. The van der Waals surface area contributed by atoms with E-state index in [0.29, 0.717) is 16.1 Å². The molecule has 3 amide bonds. The Labute approximate surface area is 164 Å². The molecular weight excluding hydrogens is 378 g/mol. The number of hydrogen-bond acceptors (Lipinski definition) is 6. The highest BCUT2D eigenvalue weighted by Gasteiger charge is 2.36. The lowest BCUT2D eigenvalue weighted by Crippen LogP contribution is -2.40. The Morgan fingerprint density at radius 3 is 2.32 bits per heavy atom. The Balaban J connectivity index is 1.36. The molecule has 0 bridgehead atoms.